The van der Waals surface area contributed by atoms with Gasteiger partial charge < -0.3 is 15.4 Å². The maximum atomic E-state index is 12.0. The molecule has 0 saturated carbocycles. The Morgan fingerprint density at radius 1 is 1.53 bits per heavy atom. The van der Waals surface area contributed by atoms with Crippen LogP contribution in [0.1, 0.15) is 32.1 Å². The van der Waals surface area contributed by atoms with Crippen molar-refractivity contribution in [2.45, 2.75) is 38.1 Å². The van der Waals surface area contributed by atoms with Crippen LogP contribution in [0.25, 0.3) is 0 Å². The zero-order chi connectivity index (χ0) is 12.5. The van der Waals surface area contributed by atoms with Crippen molar-refractivity contribution in [1.29, 1.82) is 0 Å². The normalized spacial score (nSPS) is 20.3. The van der Waals surface area contributed by atoms with E-state index < -0.39 is 0 Å². The molecule has 4 nitrogen and oxygen atoms in total. The zero-order valence-electron chi connectivity index (χ0n) is 10.6. The summed E-state index contributed by atoms with van der Waals surface area (Å²) in [6, 6.07) is 0.255. The molecule has 1 unspecified atom stereocenters. The van der Waals surface area contributed by atoms with E-state index in [-0.39, 0.29) is 11.9 Å². The van der Waals surface area contributed by atoms with Gasteiger partial charge in [0.25, 0.3) is 0 Å². The van der Waals surface area contributed by atoms with Gasteiger partial charge in [-0.3, -0.25) is 4.79 Å². The number of rotatable bonds is 7. The van der Waals surface area contributed by atoms with E-state index in [1.165, 1.54) is 6.42 Å². The molecule has 1 heterocycles. The van der Waals surface area contributed by atoms with Crippen molar-refractivity contribution in [3.8, 4) is 0 Å². The fourth-order valence-electron chi connectivity index (χ4n) is 2.21. The summed E-state index contributed by atoms with van der Waals surface area (Å²) in [7, 11) is 0. The minimum absolute atomic E-state index is 0.224. The molecule has 1 fully saturated rings. The smallest absolute Gasteiger partial charge is 0.222 e. The second kappa shape index (κ2) is 8.25. The first-order valence-electron chi connectivity index (χ1n) is 6.47. The van der Waals surface area contributed by atoms with Crippen molar-refractivity contribution in [3.63, 3.8) is 0 Å². The molecule has 0 spiro atoms. The molecule has 2 N–H and O–H groups in total. The van der Waals surface area contributed by atoms with Gasteiger partial charge in [0, 0.05) is 32.2 Å². The number of hydrogen-bond donors (Lipinski definition) is 1. The summed E-state index contributed by atoms with van der Waals surface area (Å²) < 4.78 is 5.26. The van der Waals surface area contributed by atoms with Gasteiger partial charge in [0.15, 0.2) is 0 Å². The van der Waals surface area contributed by atoms with E-state index in [4.69, 9.17) is 10.5 Å². The third-order valence-electron chi connectivity index (χ3n) is 3.13. The number of carbonyl (C=O) groups is 1. The summed E-state index contributed by atoms with van der Waals surface area (Å²) in [6.07, 6.45) is 6.41. The van der Waals surface area contributed by atoms with Gasteiger partial charge in [-0.05, 0) is 25.7 Å². The summed E-state index contributed by atoms with van der Waals surface area (Å²) >= 11 is 0. The van der Waals surface area contributed by atoms with Crippen molar-refractivity contribution >= 4 is 5.91 Å². The lowest BCUT2D eigenvalue weighted by atomic mass is 10.0. The molecule has 98 valence electrons. The molecule has 1 atom stereocenters. The molecule has 1 aliphatic heterocycles. The van der Waals surface area contributed by atoms with Gasteiger partial charge in [0.2, 0.25) is 5.91 Å². The second-order valence-corrected chi connectivity index (χ2v) is 4.44. The molecule has 1 rings (SSSR count). The van der Waals surface area contributed by atoms with Gasteiger partial charge in [-0.1, -0.05) is 6.08 Å². The van der Waals surface area contributed by atoms with Crippen LogP contribution in [-0.4, -0.2) is 43.2 Å². The summed E-state index contributed by atoms with van der Waals surface area (Å²) in [5.74, 6) is 0.224. The molecule has 4 heteroatoms. The van der Waals surface area contributed by atoms with E-state index in [1.54, 1.807) is 6.08 Å². The lowest BCUT2D eigenvalue weighted by Crippen LogP contribution is -2.47. The maximum Gasteiger partial charge on any atom is 0.222 e. The molecule has 1 saturated heterocycles. The Morgan fingerprint density at radius 2 is 2.35 bits per heavy atom. The van der Waals surface area contributed by atoms with Crippen LogP contribution in [0, 0.1) is 0 Å². The topological polar surface area (TPSA) is 55.6 Å². The van der Waals surface area contributed by atoms with Crippen LogP contribution in [0.5, 0.6) is 0 Å². The number of likely N-dealkylation sites (tertiary alicyclic amines) is 1. The minimum atomic E-state index is 0.224. The first-order chi connectivity index (χ1) is 8.29. The summed E-state index contributed by atoms with van der Waals surface area (Å²) in [5, 5.41) is 0. The van der Waals surface area contributed by atoms with E-state index >= 15 is 0 Å². The lowest BCUT2D eigenvalue weighted by molar-refractivity contribution is -0.135. The van der Waals surface area contributed by atoms with Gasteiger partial charge in [-0.15, -0.1) is 6.58 Å². The third kappa shape index (κ3) is 4.88. The molecule has 0 aromatic rings. The summed E-state index contributed by atoms with van der Waals surface area (Å²) in [4.78, 5) is 14.0. The van der Waals surface area contributed by atoms with E-state index in [9.17, 15) is 4.79 Å². The number of nitrogens with zero attached hydrogens (tertiary/aromatic N) is 1. The van der Waals surface area contributed by atoms with Gasteiger partial charge in [-0.25, -0.2) is 0 Å². The number of hydrogen-bond acceptors (Lipinski definition) is 3. The van der Waals surface area contributed by atoms with Gasteiger partial charge in [0.1, 0.15) is 0 Å². The number of amides is 1. The van der Waals surface area contributed by atoms with Crippen LogP contribution in [0.2, 0.25) is 0 Å². The fourth-order valence-corrected chi connectivity index (χ4v) is 2.21. The predicted octanol–water partition coefficient (Wildman–Crippen LogP) is 1.31. The number of nitrogens with two attached hydrogens (primary N) is 1. The van der Waals surface area contributed by atoms with Gasteiger partial charge in [-0.2, -0.15) is 0 Å². The number of ether oxygens (including phenoxy) is 1. The van der Waals surface area contributed by atoms with Gasteiger partial charge >= 0.3 is 0 Å². The van der Waals surface area contributed by atoms with E-state index in [0.717, 1.165) is 25.8 Å². The highest BCUT2D eigenvalue weighted by atomic mass is 16.5. The van der Waals surface area contributed by atoms with Crippen molar-refractivity contribution in [3.05, 3.63) is 12.7 Å². The average molecular weight is 240 g/mol. The van der Waals surface area contributed by atoms with E-state index in [1.807, 2.05) is 4.90 Å². The van der Waals surface area contributed by atoms with Crippen LogP contribution in [0.4, 0.5) is 0 Å². The molecular formula is C13H24N2O2. The molecule has 0 aromatic carbocycles. The predicted molar refractivity (Wildman–Crippen MR) is 68.7 cm³/mol. The molecular weight excluding hydrogens is 216 g/mol. The molecule has 0 aromatic heterocycles. The second-order valence-electron chi connectivity index (χ2n) is 4.44. The molecule has 17 heavy (non-hydrogen) atoms. The molecule has 0 aliphatic carbocycles. The Bertz CT molecular complexity index is 244. The SMILES string of the molecule is C=CCOCCCC(=O)N1CCCCC1CN. The largest absolute Gasteiger partial charge is 0.377 e. The van der Waals surface area contributed by atoms with Crippen LogP contribution in [0.3, 0.4) is 0 Å². The summed E-state index contributed by atoms with van der Waals surface area (Å²) in [6.45, 7) is 6.21. The van der Waals surface area contributed by atoms with Crippen LogP contribution < -0.4 is 5.73 Å². The molecule has 0 bridgehead atoms. The Balaban J connectivity index is 2.23. The highest BCUT2D eigenvalue weighted by Crippen LogP contribution is 2.17. The van der Waals surface area contributed by atoms with Crippen LogP contribution in [-0.2, 0) is 9.53 Å². The number of piperidine rings is 1. The first-order valence-corrected chi connectivity index (χ1v) is 6.47. The maximum absolute atomic E-state index is 12.0. The number of carbonyl (C=O) groups excluding carboxylic acids is 1. The van der Waals surface area contributed by atoms with Gasteiger partial charge in [0.05, 0.1) is 6.61 Å². The molecule has 1 amide bonds. The standard InChI is InChI=1S/C13H24N2O2/c1-2-9-17-10-5-7-13(16)15-8-4-3-6-12(15)11-14/h2,12H,1,3-11,14H2. The average Bonchev–Trinajstić information content (AvgIpc) is 2.38. The van der Waals surface area contributed by atoms with Crippen LogP contribution in [0.15, 0.2) is 12.7 Å². The Hall–Kier alpha value is -0.870. The van der Waals surface area contributed by atoms with E-state index in [0.29, 0.717) is 26.2 Å². The third-order valence-corrected chi connectivity index (χ3v) is 3.13. The van der Waals surface area contributed by atoms with Crippen molar-refractivity contribution < 1.29 is 9.53 Å². The van der Waals surface area contributed by atoms with Crippen molar-refractivity contribution in [2.24, 2.45) is 5.73 Å². The highest BCUT2D eigenvalue weighted by molar-refractivity contribution is 5.76. The fraction of sp³-hybridized carbons (Fsp3) is 0.769. The summed E-state index contributed by atoms with van der Waals surface area (Å²) in [5.41, 5.74) is 5.70. The molecule has 0 radical (unpaired) electrons. The van der Waals surface area contributed by atoms with Crippen molar-refractivity contribution in [2.75, 3.05) is 26.3 Å². The Morgan fingerprint density at radius 3 is 3.06 bits per heavy atom. The Kier molecular flexibility index (Phi) is 6.89. The first kappa shape index (κ1) is 14.2. The van der Waals surface area contributed by atoms with Crippen molar-refractivity contribution in [1.82, 2.24) is 4.90 Å². The van der Waals surface area contributed by atoms with Crippen LogP contribution >= 0.6 is 0 Å². The lowest BCUT2D eigenvalue weighted by Gasteiger charge is -2.35. The zero-order valence-corrected chi connectivity index (χ0v) is 10.6. The van der Waals surface area contributed by atoms with E-state index in [2.05, 4.69) is 6.58 Å². The monoisotopic (exact) mass is 240 g/mol. The highest BCUT2D eigenvalue weighted by Gasteiger charge is 2.24. The quantitative estimate of drug-likeness (QED) is 0.539. The molecule has 1 aliphatic rings. The minimum Gasteiger partial charge on any atom is -0.377 e. The Labute approximate surface area is 104 Å².